The molecule has 2 aliphatic rings. The molecule has 0 aliphatic carbocycles. The smallest absolute Gasteiger partial charge is 0.311 e. The van der Waals surface area contributed by atoms with E-state index in [9.17, 15) is 4.39 Å². The lowest BCUT2D eigenvalue weighted by Crippen LogP contribution is -2.48. The summed E-state index contributed by atoms with van der Waals surface area (Å²) in [4.78, 5) is 9.12. The van der Waals surface area contributed by atoms with Gasteiger partial charge in [0.25, 0.3) is 0 Å². The fourth-order valence-corrected chi connectivity index (χ4v) is 3.49. The maximum Gasteiger partial charge on any atom is 0.311 e. The van der Waals surface area contributed by atoms with E-state index in [0.29, 0.717) is 18.8 Å². The summed E-state index contributed by atoms with van der Waals surface area (Å²) in [5.74, 6) is -0.374. The number of para-hydroxylation sites is 1. The summed E-state index contributed by atoms with van der Waals surface area (Å²) in [5.41, 5.74) is 5.53. The Bertz CT molecular complexity index is 831. The van der Waals surface area contributed by atoms with Gasteiger partial charge < -0.3 is 9.64 Å². The second-order valence-electron chi connectivity index (χ2n) is 7.31. The van der Waals surface area contributed by atoms with E-state index < -0.39 is 0 Å². The molecule has 2 aliphatic heterocycles. The van der Waals surface area contributed by atoms with E-state index in [-0.39, 0.29) is 11.5 Å². The van der Waals surface area contributed by atoms with Crippen LogP contribution in [0, 0.1) is 5.82 Å². The Kier molecular flexibility index (Phi) is 5.34. The Hall–Kier alpha value is -2.80. The number of anilines is 2. The minimum absolute atomic E-state index is 0.253. The van der Waals surface area contributed by atoms with Crippen LogP contribution in [0.2, 0.25) is 0 Å². The van der Waals surface area contributed by atoms with Crippen LogP contribution in [-0.4, -0.2) is 49.9 Å². The van der Waals surface area contributed by atoms with Crippen LogP contribution in [0.4, 0.5) is 21.5 Å². The third kappa shape index (κ3) is 4.04. The summed E-state index contributed by atoms with van der Waals surface area (Å²) in [6, 6.07) is 15.7. The highest BCUT2D eigenvalue weighted by molar-refractivity contribution is 5.81. The van der Waals surface area contributed by atoms with Crippen molar-refractivity contribution in [1.29, 1.82) is 0 Å². The summed E-state index contributed by atoms with van der Waals surface area (Å²) >= 11 is 0. The average Bonchev–Trinajstić information content (AvgIpc) is 3.18. The predicted molar refractivity (Wildman–Crippen MR) is 110 cm³/mol. The number of ether oxygens (including phenoxy) is 1. The van der Waals surface area contributed by atoms with Gasteiger partial charge in [-0.2, -0.15) is 4.99 Å². The molecule has 0 aromatic heterocycles. The molecule has 0 spiro atoms. The van der Waals surface area contributed by atoms with Gasteiger partial charge in [0.1, 0.15) is 11.5 Å². The van der Waals surface area contributed by atoms with Crippen molar-refractivity contribution in [3.8, 4) is 0 Å². The highest BCUT2D eigenvalue weighted by Crippen LogP contribution is 2.23. The van der Waals surface area contributed by atoms with Gasteiger partial charge in [-0.15, -0.1) is 0 Å². The first-order chi connectivity index (χ1) is 13.6. The van der Waals surface area contributed by atoms with E-state index >= 15 is 0 Å². The van der Waals surface area contributed by atoms with Crippen LogP contribution in [0.1, 0.15) is 13.8 Å². The van der Waals surface area contributed by atoms with Gasteiger partial charge in [-0.05, 0) is 50.2 Å². The van der Waals surface area contributed by atoms with Gasteiger partial charge in [-0.3, -0.25) is 4.90 Å². The van der Waals surface area contributed by atoms with Gasteiger partial charge >= 0.3 is 6.02 Å². The summed E-state index contributed by atoms with van der Waals surface area (Å²) in [5, 5.41) is 1.85. The maximum absolute atomic E-state index is 13.7. The molecule has 0 amide bonds. The van der Waals surface area contributed by atoms with Crippen molar-refractivity contribution < 1.29 is 9.13 Å². The summed E-state index contributed by atoms with van der Waals surface area (Å²) in [6.07, 6.45) is 0. The van der Waals surface area contributed by atoms with Gasteiger partial charge in [-0.1, -0.05) is 12.1 Å². The lowest BCUT2D eigenvalue weighted by atomic mass is 10.2. The molecule has 148 valence electrons. The number of amidine groups is 1. The molecule has 2 aromatic rings. The van der Waals surface area contributed by atoms with Crippen molar-refractivity contribution in [1.82, 2.24) is 10.3 Å². The van der Waals surface area contributed by atoms with E-state index in [1.807, 2.05) is 5.01 Å². The number of hydrogen-bond acceptors (Lipinski definition) is 5. The molecule has 2 saturated heterocycles. The number of halogens is 1. The highest BCUT2D eigenvalue weighted by Gasteiger charge is 2.21. The summed E-state index contributed by atoms with van der Waals surface area (Å²) in [6.45, 7) is 9.09. The predicted octanol–water partition coefficient (Wildman–Crippen LogP) is 3.34. The number of piperazine rings is 1. The van der Waals surface area contributed by atoms with Crippen molar-refractivity contribution in [2.24, 2.45) is 4.99 Å². The second kappa shape index (κ2) is 8.06. The fourth-order valence-electron chi connectivity index (χ4n) is 3.49. The third-order valence-electron chi connectivity index (χ3n) is 5.21. The number of benzene rings is 2. The molecule has 2 heterocycles. The van der Waals surface area contributed by atoms with Gasteiger partial charge in [-0.25, -0.2) is 14.8 Å². The molecule has 0 atom stereocenters. The van der Waals surface area contributed by atoms with E-state index in [1.165, 1.54) is 11.8 Å². The number of aliphatic imine (C=N–C) groups is 1. The van der Waals surface area contributed by atoms with Crippen LogP contribution in [0.25, 0.3) is 0 Å². The number of nitrogens with zero attached hydrogens (tertiary/aromatic N) is 4. The number of hydrogen-bond donors (Lipinski definition) is 1. The lowest BCUT2D eigenvalue weighted by Gasteiger charge is -2.38. The molecular formula is C21H26FN5O. The third-order valence-corrected chi connectivity index (χ3v) is 5.21. The minimum atomic E-state index is -0.374. The zero-order valence-electron chi connectivity index (χ0n) is 16.3. The van der Waals surface area contributed by atoms with Crippen molar-refractivity contribution in [2.75, 3.05) is 42.8 Å². The molecule has 2 fully saturated rings. The molecule has 0 saturated carbocycles. The quantitative estimate of drug-likeness (QED) is 0.877. The summed E-state index contributed by atoms with van der Waals surface area (Å²) in [7, 11) is 0. The molecule has 4 rings (SSSR count). The molecule has 6 nitrogen and oxygen atoms in total. The van der Waals surface area contributed by atoms with Crippen LogP contribution in [0.3, 0.4) is 0 Å². The molecule has 0 unspecified atom stereocenters. The van der Waals surface area contributed by atoms with Gasteiger partial charge in [0.2, 0.25) is 0 Å². The van der Waals surface area contributed by atoms with Crippen molar-refractivity contribution >= 4 is 23.1 Å². The van der Waals surface area contributed by atoms with Crippen LogP contribution in [-0.2, 0) is 4.74 Å². The van der Waals surface area contributed by atoms with E-state index in [4.69, 9.17) is 4.74 Å². The monoisotopic (exact) mass is 383 g/mol. The number of nitrogens with one attached hydrogen (secondary N) is 1. The van der Waals surface area contributed by atoms with Crippen LogP contribution >= 0.6 is 0 Å². The van der Waals surface area contributed by atoms with Gasteiger partial charge in [0, 0.05) is 37.9 Å². The van der Waals surface area contributed by atoms with Gasteiger partial charge in [0.15, 0.2) is 6.73 Å². The Labute approximate surface area is 165 Å². The molecule has 28 heavy (non-hydrogen) atoms. The standard InChI is InChI=1S/C21H26FN5O/c1-16(2)25-11-13-26(14-12-25)17-7-9-18(10-8-17)27-15-28-21(24-27)23-20-6-4-3-5-19(20)22/h3-10,16H,11-15H2,1-2H3,(H,23,24). The maximum atomic E-state index is 13.7. The lowest BCUT2D eigenvalue weighted by molar-refractivity contribution is 0.209. The normalized spacial score (nSPS) is 19.2. The SMILES string of the molecule is CC(C)N1CCN(c2ccc(N3COC(=Nc4ccccc4F)N3)cc2)CC1. The molecule has 0 radical (unpaired) electrons. The van der Waals surface area contributed by atoms with Crippen LogP contribution in [0.5, 0.6) is 0 Å². The van der Waals surface area contributed by atoms with Crippen LogP contribution < -0.4 is 15.3 Å². The molecular weight excluding hydrogens is 357 g/mol. The zero-order chi connectivity index (χ0) is 19.5. The molecule has 0 bridgehead atoms. The largest absolute Gasteiger partial charge is 0.441 e. The Morgan fingerprint density at radius 1 is 0.964 bits per heavy atom. The first-order valence-electron chi connectivity index (χ1n) is 9.69. The number of hydrazine groups is 1. The topological polar surface area (TPSA) is 43.3 Å². The Morgan fingerprint density at radius 2 is 1.64 bits per heavy atom. The van der Waals surface area contributed by atoms with E-state index in [2.05, 4.69) is 58.3 Å². The molecule has 2 aromatic carbocycles. The second-order valence-corrected chi connectivity index (χ2v) is 7.31. The summed E-state index contributed by atoms with van der Waals surface area (Å²) < 4.78 is 19.3. The first-order valence-corrected chi connectivity index (χ1v) is 9.69. The Morgan fingerprint density at radius 3 is 2.32 bits per heavy atom. The van der Waals surface area contributed by atoms with E-state index in [0.717, 1.165) is 31.9 Å². The number of rotatable bonds is 4. The Balaban J connectivity index is 1.38. The molecule has 1 N–H and O–H groups in total. The van der Waals surface area contributed by atoms with Crippen molar-refractivity contribution in [2.45, 2.75) is 19.9 Å². The molecule has 7 heteroatoms. The van der Waals surface area contributed by atoms with E-state index in [1.54, 1.807) is 18.2 Å². The van der Waals surface area contributed by atoms with Crippen molar-refractivity contribution in [3.63, 3.8) is 0 Å². The highest BCUT2D eigenvalue weighted by atomic mass is 19.1. The van der Waals surface area contributed by atoms with Crippen LogP contribution in [0.15, 0.2) is 53.5 Å². The first kappa shape index (κ1) is 18.6. The van der Waals surface area contributed by atoms with Gasteiger partial charge in [0.05, 0.1) is 5.69 Å². The fraction of sp³-hybridized carbons (Fsp3) is 0.381. The average molecular weight is 383 g/mol. The zero-order valence-corrected chi connectivity index (χ0v) is 16.3. The minimum Gasteiger partial charge on any atom is -0.441 e. The van der Waals surface area contributed by atoms with Crippen molar-refractivity contribution in [3.05, 3.63) is 54.3 Å².